The third-order valence-electron chi connectivity index (χ3n) is 2.48. The Labute approximate surface area is 120 Å². The SMILES string of the molecule is CN(C)CSC1COc2c(Cl)cc(Cl)cc2C1=O. The van der Waals surface area contributed by atoms with Crippen LogP contribution in [0.2, 0.25) is 10.0 Å². The normalized spacial score (nSPS) is 18.7. The van der Waals surface area contributed by atoms with Gasteiger partial charge in [0.15, 0.2) is 5.78 Å². The number of ether oxygens (including phenoxy) is 1. The Kier molecular flexibility index (Phi) is 4.43. The predicted octanol–water partition coefficient (Wildman–Crippen LogP) is 3.19. The number of ketones is 1. The number of rotatable bonds is 3. The van der Waals surface area contributed by atoms with Crippen LogP contribution in [0.3, 0.4) is 0 Å². The number of thioether (sulfide) groups is 1. The number of hydrogen-bond acceptors (Lipinski definition) is 4. The molecule has 1 aliphatic heterocycles. The van der Waals surface area contributed by atoms with Gasteiger partial charge in [0.25, 0.3) is 0 Å². The average Bonchev–Trinajstić information content (AvgIpc) is 2.29. The van der Waals surface area contributed by atoms with E-state index in [1.807, 2.05) is 19.0 Å². The van der Waals surface area contributed by atoms with Crippen molar-refractivity contribution in [3.63, 3.8) is 0 Å². The fourth-order valence-corrected chi connectivity index (χ4v) is 3.13. The molecule has 18 heavy (non-hydrogen) atoms. The Morgan fingerprint density at radius 1 is 1.44 bits per heavy atom. The van der Waals surface area contributed by atoms with Gasteiger partial charge in [-0.2, -0.15) is 0 Å². The minimum absolute atomic E-state index is 0.0347. The highest BCUT2D eigenvalue weighted by atomic mass is 35.5. The molecule has 0 spiro atoms. The second kappa shape index (κ2) is 5.70. The van der Waals surface area contributed by atoms with Crippen molar-refractivity contribution in [3.05, 3.63) is 27.7 Å². The molecule has 0 radical (unpaired) electrons. The van der Waals surface area contributed by atoms with E-state index in [1.165, 1.54) is 0 Å². The topological polar surface area (TPSA) is 29.5 Å². The Balaban J connectivity index is 2.22. The molecule has 0 aromatic heterocycles. The summed E-state index contributed by atoms with van der Waals surface area (Å²) in [5.41, 5.74) is 0.481. The number of halogens is 2. The molecule has 0 saturated heterocycles. The molecule has 2 rings (SSSR count). The second-order valence-corrected chi connectivity index (χ2v) is 6.31. The first-order valence-electron chi connectivity index (χ1n) is 5.41. The molecule has 6 heteroatoms. The van der Waals surface area contributed by atoms with E-state index in [9.17, 15) is 4.79 Å². The molecule has 0 amide bonds. The van der Waals surface area contributed by atoms with E-state index in [-0.39, 0.29) is 11.0 Å². The van der Waals surface area contributed by atoms with E-state index in [0.29, 0.717) is 28.0 Å². The maximum absolute atomic E-state index is 12.3. The Morgan fingerprint density at radius 3 is 2.83 bits per heavy atom. The van der Waals surface area contributed by atoms with Gasteiger partial charge in [-0.05, 0) is 26.2 Å². The van der Waals surface area contributed by atoms with Gasteiger partial charge in [-0.1, -0.05) is 23.2 Å². The van der Waals surface area contributed by atoms with E-state index in [0.717, 1.165) is 5.88 Å². The van der Waals surface area contributed by atoms with Crippen LogP contribution in [0.5, 0.6) is 5.75 Å². The quantitative estimate of drug-likeness (QED) is 0.802. The van der Waals surface area contributed by atoms with E-state index < -0.39 is 0 Å². The molecule has 0 saturated carbocycles. The van der Waals surface area contributed by atoms with Crippen LogP contribution in [0.15, 0.2) is 12.1 Å². The van der Waals surface area contributed by atoms with Crippen LogP contribution in [0.25, 0.3) is 0 Å². The molecule has 0 bridgehead atoms. The predicted molar refractivity (Wildman–Crippen MR) is 76.2 cm³/mol. The maximum atomic E-state index is 12.3. The number of benzene rings is 1. The van der Waals surface area contributed by atoms with Crippen LogP contribution in [0.4, 0.5) is 0 Å². The summed E-state index contributed by atoms with van der Waals surface area (Å²) in [6.45, 7) is 0.353. The van der Waals surface area contributed by atoms with Crippen molar-refractivity contribution in [2.24, 2.45) is 0 Å². The van der Waals surface area contributed by atoms with Crippen LogP contribution >= 0.6 is 35.0 Å². The average molecular weight is 306 g/mol. The largest absolute Gasteiger partial charge is 0.490 e. The summed E-state index contributed by atoms with van der Waals surface area (Å²) in [4.78, 5) is 14.3. The molecule has 1 atom stereocenters. The lowest BCUT2D eigenvalue weighted by atomic mass is 10.0. The number of Topliss-reactive ketones (excluding diaryl/α,β-unsaturated/α-hetero) is 1. The Hall–Kier alpha value is -0.420. The zero-order valence-corrected chi connectivity index (χ0v) is 12.4. The smallest absolute Gasteiger partial charge is 0.183 e. The molecule has 1 aromatic rings. The summed E-state index contributed by atoms with van der Waals surface area (Å²) >= 11 is 13.5. The summed E-state index contributed by atoms with van der Waals surface area (Å²) < 4.78 is 5.57. The first kappa shape index (κ1) is 14.0. The maximum Gasteiger partial charge on any atom is 0.183 e. The minimum Gasteiger partial charge on any atom is -0.490 e. The van der Waals surface area contributed by atoms with Crippen molar-refractivity contribution in [2.45, 2.75) is 5.25 Å². The molecule has 1 heterocycles. The van der Waals surface area contributed by atoms with Gasteiger partial charge in [0, 0.05) is 10.9 Å². The first-order valence-corrected chi connectivity index (χ1v) is 7.22. The lowest BCUT2D eigenvalue weighted by Gasteiger charge is -2.25. The van der Waals surface area contributed by atoms with Crippen molar-refractivity contribution < 1.29 is 9.53 Å². The lowest BCUT2D eigenvalue weighted by Crippen LogP contribution is -2.32. The number of carbonyl (C=O) groups excluding carboxylic acids is 1. The number of nitrogens with zero attached hydrogens (tertiary/aromatic N) is 1. The fraction of sp³-hybridized carbons (Fsp3) is 0.417. The molecule has 98 valence electrons. The highest BCUT2D eigenvalue weighted by Gasteiger charge is 2.31. The van der Waals surface area contributed by atoms with E-state index in [2.05, 4.69) is 0 Å². The number of fused-ring (bicyclic) bond motifs is 1. The highest BCUT2D eigenvalue weighted by molar-refractivity contribution is 8.00. The molecule has 0 fully saturated rings. The Bertz CT molecular complexity index is 479. The van der Waals surface area contributed by atoms with Crippen molar-refractivity contribution in [3.8, 4) is 5.75 Å². The molecule has 0 N–H and O–H groups in total. The molecule has 1 unspecified atom stereocenters. The van der Waals surface area contributed by atoms with Gasteiger partial charge < -0.3 is 9.64 Å². The highest BCUT2D eigenvalue weighted by Crippen LogP contribution is 2.37. The number of carbonyl (C=O) groups is 1. The summed E-state index contributed by atoms with van der Waals surface area (Å²) in [6.07, 6.45) is 0. The second-order valence-electron chi connectivity index (χ2n) is 4.30. The van der Waals surface area contributed by atoms with Crippen LogP contribution in [-0.4, -0.2) is 42.5 Å². The summed E-state index contributed by atoms with van der Waals surface area (Å²) in [6, 6.07) is 3.20. The molecular weight excluding hydrogens is 293 g/mol. The van der Waals surface area contributed by atoms with Crippen LogP contribution < -0.4 is 4.74 Å². The van der Waals surface area contributed by atoms with Gasteiger partial charge in [0.05, 0.1) is 10.6 Å². The van der Waals surface area contributed by atoms with Crippen molar-refractivity contribution in [2.75, 3.05) is 26.6 Å². The van der Waals surface area contributed by atoms with Gasteiger partial charge >= 0.3 is 0 Å². The van der Waals surface area contributed by atoms with Gasteiger partial charge in [-0.25, -0.2) is 0 Å². The van der Waals surface area contributed by atoms with Crippen LogP contribution in [0.1, 0.15) is 10.4 Å². The third-order valence-corrected chi connectivity index (χ3v) is 4.40. The van der Waals surface area contributed by atoms with Gasteiger partial charge in [0.2, 0.25) is 0 Å². The molecule has 0 aliphatic carbocycles. The van der Waals surface area contributed by atoms with Gasteiger partial charge in [-0.15, -0.1) is 11.8 Å². The molecule has 1 aliphatic rings. The van der Waals surface area contributed by atoms with Crippen LogP contribution in [-0.2, 0) is 0 Å². The monoisotopic (exact) mass is 305 g/mol. The number of hydrogen-bond donors (Lipinski definition) is 0. The van der Waals surface area contributed by atoms with Crippen molar-refractivity contribution in [1.82, 2.24) is 4.90 Å². The van der Waals surface area contributed by atoms with Crippen LogP contribution in [0, 0.1) is 0 Å². The van der Waals surface area contributed by atoms with E-state index in [1.54, 1.807) is 23.9 Å². The summed E-state index contributed by atoms with van der Waals surface area (Å²) in [5.74, 6) is 1.25. The molecular formula is C12H13Cl2NO2S. The first-order chi connectivity index (χ1) is 8.49. The summed E-state index contributed by atoms with van der Waals surface area (Å²) in [7, 11) is 3.92. The Morgan fingerprint density at radius 2 is 2.17 bits per heavy atom. The third kappa shape index (κ3) is 2.94. The van der Waals surface area contributed by atoms with E-state index >= 15 is 0 Å². The molecule has 1 aromatic carbocycles. The lowest BCUT2D eigenvalue weighted by molar-refractivity contribution is 0.0943. The van der Waals surface area contributed by atoms with Crippen molar-refractivity contribution in [1.29, 1.82) is 0 Å². The zero-order valence-electron chi connectivity index (χ0n) is 10.1. The standard InChI is InChI=1S/C12H13Cl2NO2S/c1-15(2)6-18-10-5-17-12-8(11(10)16)3-7(13)4-9(12)14/h3-4,10H,5-6H2,1-2H3. The molecule has 3 nitrogen and oxygen atoms in total. The fourth-order valence-electron chi connectivity index (χ4n) is 1.66. The van der Waals surface area contributed by atoms with E-state index in [4.69, 9.17) is 27.9 Å². The van der Waals surface area contributed by atoms with Gasteiger partial charge in [0.1, 0.15) is 17.6 Å². The summed E-state index contributed by atoms with van der Waals surface area (Å²) in [5, 5.41) is 0.644. The zero-order chi connectivity index (χ0) is 13.3. The minimum atomic E-state index is -0.200. The van der Waals surface area contributed by atoms with Gasteiger partial charge in [-0.3, -0.25) is 4.79 Å². The van der Waals surface area contributed by atoms with Crippen molar-refractivity contribution >= 4 is 40.7 Å².